The number of unbranched alkanes of at least 4 members (excludes halogenated alkanes) is 3. The molecule has 0 aromatic heterocycles. The lowest BCUT2D eigenvalue weighted by Crippen LogP contribution is -2.36. The van der Waals surface area contributed by atoms with Gasteiger partial charge in [0.1, 0.15) is 22.9 Å². The van der Waals surface area contributed by atoms with Crippen molar-refractivity contribution in [3.05, 3.63) is 59.7 Å². The highest BCUT2D eigenvalue weighted by Crippen LogP contribution is 2.15. The maximum absolute atomic E-state index is 11.8. The number of hydrogen-bond donors (Lipinski definition) is 2. The monoisotopic (exact) mass is 437 g/mol. The van der Waals surface area contributed by atoms with E-state index in [2.05, 4.69) is 11.4 Å². The largest absolute Gasteiger partial charge is 0.494 e. The van der Waals surface area contributed by atoms with E-state index in [1.165, 1.54) is 0 Å². The molecule has 2 rings (SSSR count). The molecule has 0 spiro atoms. The van der Waals surface area contributed by atoms with Crippen molar-refractivity contribution in [3.8, 4) is 17.6 Å². The third kappa shape index (κ3) is 9.52. The number of alkyl carbamates (subject to hydrolysis) is 1. The predicted octanol–water partition coefficient (Wildman–Crippen LogP) is 5.43. The lowest BCUT2D eigenvalue weighted by atomic mass is 10.2. The van der Waals surface area contributed by atoms with E-state index in [1.807, 2.05) is 12.1 Å². The minimum atomic E-state index is -0.648. The number of benzene rings is 2. The number of amides is 1. The summed E-state index contributed by atoms with van der Waals surface area (Å²) in [4.78, 5) is 11.8. The smallest absolute Gasteiger partial charge is 0.413 e. The number of nitrogens with one attached hydrogen (secondary N) is 2. The number of carbonyl (C=O) groups excluding carboxylic acids is 1. The highest BCUT2D eigenvalue weighted by atomic mass is 16.6. The van der Waals surface area contributed by atoms with Gasteiger partial charge in [-0.15, -0.1) is 0 Å². The Kier molecular flexibility index (Phi) is 9.55. The summed E-state index contributed by atoms with van der Waals surface area (Å²) in [6.07, 6.45) is 3.34. The van der Waals surface area contributed by atoms with Crippen molar-refractivity contribution in [1.29, 1.82) is 10.7 Å². The molecule has 0 heterocycles. The zero-order valence-electron chi connectivity index (χ0n) is 18.9. The van der Waals surface area contributed by atoms with Gasteiger partial charge in [-0.3, -0.25) is 10.7 Å². The Balaban J connectivity index is 1.58. The van der Waals surface area contributed by atoms with Crippen LogP contribution >= 0.6 is 0 Å². The molecule has 0 atom stereocenters. The minimum Gasteiger partial charge on any atom is -0.494 e. The molecule has 0 bridgehead atoms. The fourth-order valence-corrected chi connectivity index (χ4v) is 2.76. The Morgan fingerprint density at radius 3 is 1.88 bits per heavy atom. The lowest BCUT2D eigenvalue weighted by molar-refractivity contribution is 0.0563. The molecule has 0 fully saturated rings. The van der Waals surface area contributed by atoms with Gasteiger partial charge in [0.05, 0.1) is 24.8 Å². The van der Waals surface area contributed by atoms with Gasteiger partial charge in [-0.05, 0) is 95.0 Å². The maximum atomic E-state index is 11.8. The Hall–Kier alpha value is -3.53. The maximum Gasteiger partial charge on any atom is 0.413 e. The Bertz CT molecular complexity index is 910. The van der Waals surface area contributed by atoms with E-state index >= 15 is 0 Å². The first kappa shape index (κ1) is 24.7. The molecular weight excluding hydrogens is 406 g/mol. The molecule has 32 heavy (non-hydrogen) atoms. The second kappa shape index (κ2) is 12.4. The average molecular weight is 438 g/mol. The minimum absolute atomic E-state index is 0.0194. The van der Waals surface area contributed by atoms with Crippen molar-refractivity contribution in [2.45, 2.75) is 52.1 Å². The van der Waals surface area contributed by atoms with Crippen LogP contribution in [0.15, 0.2) is 48.5 Å². The van der Waals surface area contributed by atoms with Crippen LogP contribution in [0.3, 0.4) is 0 Å². The van der Waals surface area contributed by atoms with Crippen LogP contribution in [0.4, 0.5) is 4.79 Å². The SMILES string of the molecule is CC(C)(C)OC(=O)NC(=N)c1ccc(OCCCCCCOc2ccc(C#N)cc2)cc1. The topological polar surface area (TPSA) is 104 Å². The molecule has 7 nitrogen and oxygen atoms in total. The zero-order chi connectivity index (χ0) is 23.4. The molecule has 2 N–H and O–H groups in total. The highest BCUT2D eigenvalue weighted by molar-refractivity contribution is 6.04. The number of rotatable bonds is 10. The van der Waals surface area contributed by atoms with E-state index in [0.29, 0.717) is 24.3 Å². The van der Waals surface area contributed by atoms with Crippen molar-refractivity contribution in [3.63, 3.8) is 0 Å². The molecule has 0 radical (unpaired) electrons. The number of nitriles is 1. The van der Waals surface area contributed by atoms with Gasteiger partial charge in [0.25, 0.3) is 0 Å². The van der Waals surface area contributed by atoms with Crippen molar-refractivity contribution in [2.24, 2.45) is 0 Å². The molecule has 2 aromatic rings. The number of hydrogen-bond acceptors (Lipinski definition) is 6. The Morgan fingerprint density at radius 1 is 0.906 bits per heavy atom. The van der Waals surface area contributed by atoms with Crippen LogP contribution in [0, 0.1) is 16.7 Å². The summed E-state index contributed by atoms with van der Waals surface area (Å²) < 4.78 is 16.6. The Labute approximate surface area is 189 Å². The normalized spacial score (nSPS) is 10.7. The Morgan fingerprint density at radius 2 is 1.41 bits per heavy atom. The second-order valence-electron chi connectivity index (χ2n) is 8.27. The molecule has 0 aliphatic carbocycles. The predicted molar refractivity (Wildman–Crippen MR) is 123 cm³/mol. The van der Waals surface area contributed by atoms with E-state index in [4.69, 9.17) is 24.9 Å². The van der Waals surface area contributed by atoms with Gasteiger partial charge in [0.15, 0.2) is 0 Å². The van der Waals surface area contributed by atoms with E-state index < -0.39 is 11.7 Å². The van der Waals surface area contributed by atoms with E-state index in [-0.39, 0.29) is 5.84 Å². The third-order valence-electron chi connectivity index (χ3n) is 4.33. The first-order valence-corrected chi connectivity index (χ1v) is 10.7. The van der Waals surface area contributed by atoms with Gasteiger partial charge in [-0.25, -0.2) is 4.79 Å². The van der Waals surface area contributed by atoms with Crippen LogP contribution < -0.4 is 14.8 Å². The third-order valence-corrected chi connectivity index (χ3v) is 4.33. The summed E-state index contributed by atoms with van der Waals surface area (Å²) in [5.74, 6) is 1.49. The number of carbonyl (C=O) groups is 1. The summed E-state index contributed by atoms with van der Waals surface area (Å²) in [5, 5.41) is 19.2. The standard InChI is InChI=1S/C25H31N3O4/c1-25(2,3)32-24(29)28-23(27)20-10-14-22(15-11-20)31-17-7-5-4-6-16-30-21-12-8-19(18-26)9-13-21/h8-15H,4-7,16-17H2,1-3H3,(H2,27,28,29). The van der Waals surface area contributed by atoms with Crippen LogP contribution in [0.5, 0.6) is 11.5 Å². The number of nitrogens with zero attached hydrogens (tertiary/aromatic N) is 1. The molecule has 0 unspecified atom stereocenters. The summed E-state index contributed by atoms with van der Waals surface area (Å²) in [5.41, 5.74) is 0.591. The van der Waals surface area contributed by atoms with Gasteiger partial charge in [-0.2, -0.15) is 5.26 Å². The summed E-state index contributed by atoms with van der Waals surface area (Å²) >= 11 is 0. The van der Waals surface area contributed by atoms with Crippen LogP contribution in [0.2, 0.25) is 0 Å². The van der Waals surface area contributed by atoms with Gasteiger partial charge < -0.3 is 14.2 Å². The fourth-order valence-electron chi connectivity index (χ4n) is 2.76. The van der Waals surface area contributed by atoms with E-state index in [0.717, 1.165) is 37.2 Å². The summed E-state index contributed by atoms with van der Waals surface area (Å²) in [6.45, 7) is 6.58. The van der Waals surface area contributed by atoms with Crippen LogP contribution in [0.1, 0.15) is 57.6 Å². The van der Waals surface area contributed by atoms with Crippen molar-refractivity contribution >= 4 is 11.9 Å². The average Bonchev–Trinajstić information content (AvgIpc) is 2.75. The lowest BCUT2D eigenvalue weighted by Gasteiger charge is -2.19. The first-order valence-electron chi connectivity index (χ1n) is 10.7. The first-order chi connectivity index (χ1) is 15.3. The second-order valence-corrected chi connectivity index (χ2v) is 8.27. The highest BCUT2D eigenvalue weighted by Gasteiger charge is 2.17. The van der Waals surface area contributed by atoms with Crippen LogP contribution in [-0.2, 0) is 4.74 Å². The van der Waals surface area contributed by atoms with E-state index in [9.17, 15) is 4.79 Å². The molecule has 0 saturated heterocycles. The number of ether oxygens (including phenoxy) is 3. The fraction of sp³-hybridized carbons (Fsp3) is 0.400. The van der Waals surface area contributed by atoms with Crippen LogP contribution in [-0.4, -0.2) is 30.7 Å². The van der Waals surface area contributed by atoms with Gasteiger partial charge in [0.2, 0.25) is 0 Å². The molecule has 7 heteroatoms. The van der Waals surface area contributed by atoms with E-state index in [1.54, 1.807) is 57.2 Å². The van der Waals surface area contributed by atoms with Crippen molar-refractivity contribution in [2.75, 3.05) is 13.2 Å². The number of amidine groups is 1. The summed E-state index contributed by atoms with van der Waals surface area (Å²) in [6, 6.07) is 16.2. The van der Waals surface area contributed by atoms with Crippen molar-refractivity contribution in [1.82, 2.24) is 5.32 Å². The molecule has 1 amide bonds. The molecular formula is C25H31N3O4. The van der Waals surface area contributed by atoms with Gasteiger partial charge in [0, 0.05) is 5.56 Å². The molecule has 0 saturated carbocycles. The summed E-state index contributed by atoms with van der Waals surface area (Å²) in [7, 11) is 0. The molecule has 0 aliphatic heterocycles. The van der Waals surface area contributed by atoms with Crippen LogP contribution in [0.25, 0.3) is 0 Å². The van der Waals surface area contributed by atoms with Crippen molar-refractivity contribution < 1.29 is 19.0 Å². The van der Waals surface area contributed by atoms with Gasteiger partial charge >= 0.3 is 6.09 Å². The quantitative estimate of drug-likeness (QED) is 0.293. The molecule has 0 aliphatic rings. The molecule has 170 valence electrons. The zero-order valence-corrected chi connectivity index (χ0v) is 18.9. The molecule has 2 aromatic carbocycles. The van der Waals surface area contributed by atoms with Gasteiger partial charge in [-0.1, -0.05) is 0 Å².